The van der Waals surface area contributed by atoms with Crippen molar-refractivity contribution in [2.75, 3.05) is 0 Å². The Labute approximate surface area is 146 Å². The van der Waals surface area contributed by atoms with Gasteiger partial charge in [0.1, 0.15) is 5.69 Å². The number of nitrogens with one attached hydrogen (secondary N) is 2. The lowest BCUT2D eigenvalue weighted by Gasteiger charge is -2.03. The van der Waals surface area contributed by atoms with Gasteiger partial charge in [-0.2, -0.15) is 0 Å². The molecule has 0 atom stereocenters. The fourth-order valence-corrected chi connectivity index (χ4v) is 3.41. The molecule has 1 aromatic carbocycles. The molecule has 2 heterocycles. The first-order chi connectivity index (χ1) is 11.6. The smallest absolute Gasteiger partial charge is 0.268 e. The van der Waals surface area contributed by atoms with E-state index in [1.807, 2.05) is 24.3 Å². The number of amides is 2. The normalized spacial score (nSPS) is 10.9. The number of rotatable bonds is 3. The van der Waals surface area contributed by atoms with E-state index in [1.54, 1.807) is 24.3 Å². The zero-order valence-corrected chi connectivity index (χ0v) is 13.9. The van der Waals surface area contributed by atoms with Crippen molar-refractivity contribution in [3.8, 4) is 0 Å². The molecule has 0 radical (unpaired) electrons. The van der Waals surface area contributed by atoms with Gasteiger partial charge in [0.25, 0.3) is 11.8 Å². The molecule has 24 heavy (non-hydrogen) atoms. The zero-order valence-electron chi connectivity index (χ0n) is 12.3. The van der Waals surface area contributed by atoms with E-state index in [2.05, 4.69) is 15.8 Å². The number of hydrogen-bond donors (Lipinski definition) is 2. The Morgan fingerprint density at radius 1 is 1.08 bits per heavy atom. The van der Waals surface area contributed by atoms with Gasteiger partial charge >= 0.3 is 0 Å². The average molecular weight is 358 g/mol. The van der Waals surface area contributed by atoms with Gasteiger partial charge in [-0.25, -0.2) is 0 Å². The molecular formula is C17H12ClN3O2S. The minimum absolute atomic E-state index is 0.217. The number of hydrazine groups is 1. The van der Waals surface area contributed by atoms with Crippen LogP contribution < -0.4 is 10.9 Å². The molecule has 7 heteroatoms. The van der Waals surface area contributed by atoms with E-state index in [-0.39, 0.29) is 5.69 Å². The summed E-state index contributed by atoms with van der Waals surface area (Å²) in [5.41, 5.74) is 4.81. The number of carbonyl (C=O) groups excluding carboxylic acids is 2. The Morgan fingerprint density at radius 2 is 1.88 bits per heavy atom. The van der Waals surface area contributed by atoms with E-state index in [1.165, 1.54) is 23.6 Å². The molecule has 0 aliphatic rings. The van der Waals surface area contributed by atoms with Crippen molar-refractivity contribution < 1.29 is 9.59 Å². The Kier molecular flexibility index (Phi) is 4.88. The van der Waals surface area contributed by atoms with Crippen LogP contribution in [0.25, 0.3) is 16.2 Å². The largest absolute Gasteiger partial charge is 0.288 e. The number of thiophene rings is 1. The van der Waals surface area contributed by atoms with Crippen LogP contribution >= 0.6 is 22.9 Å². The zero-order chi connectivity index (χ0) is 16.9. The Balaban J connectivity index is 1.63. The van der Waals surface area contributed by atoms with E-state index in [0.717, 1.165) is 15.0 Å². The Bertz CT molecular complexity index is 922. The molecule has 0 bridgehead atoms. The van der Waals surface area contributed by atoms with Gasteiger partial charge in [0.15, 0.2) is 0 Å². The lowest BCUT2D eigenvalue weighted by Crippen LogP contribution is -2.41. The summed E-state index contributed by atoms with van der Waals surface area (Å²) in [5.74, 6) is -0.954. The van der Waals surface area contributed by atoms with Crippen LogP contribution in [0, 0.1) is 0 Å². The molecule has 0 saturated heterocycles. The summed E-state index contributed by atoms with van der Waals surface area (Å²) >= 11 is 7.79. The van der Waals surface area contributed by atoms with Gasteiger partial charge < -0.3 is 0 Å². The first kappa shape index (κ1) is 16.2. The standard InChI is InChI=1S/C17H12ClN3O2S/c18-16-11-5-1-2-7-13(11)24-14(16)8-9-15(22)20-21-17(23)12-6-3-4-10-19-12/h1-10H,(H,20,22)(H,21,23)/b9-8+. The summed E-state index contributed by atoms with van der Waals surface area (Å²) in [7, 11) is 0. The third-order valence-corrected chi connectivity index (χ3v) is 4.80. The van der Waals surface area contributed by atoms with Crippen molar-refractivity contribution in [3.63, 3.8) is 0 Å². The van der Waals surface area contributed by atoms with Crippen molar-refractivity contribution in [1.82, 2.24) is 15.8 Å². The van der Waals surface area contributed by atoms with Crippen LogP contribution in [0.5, 0.6) is 0 Å². The van der Waals surface area contributed by atoms with Crippen molar-refractivity contribution in [1.29, 1.82) is 0 Å². The predicted octanol–water partition coefficient (Wildman–Crippen LogP) is 3.42. The van der Waals surface area contributed by atoms with Gasteiger partial charge in [-0.3, -0.25) is 25.4 Å². The molecule has 2 amide bonds. The van der Waals surface area contributed by atoms with Gasteiger partial charge in [-0.05, 0) is 24.3 Å². The number of nitrogens with zero attached hydrogens (tertiary/aromatic N) is 1. The number of halogens is 1. The van der Waals surface area contributed by atoms with Crippen LogP contribution in [-0.4, -0.2) is 16.8 Å². The number of fused-ring (bicyclic) bond motifs is 1. The average Bonchev–Trinajstić information content (AvgIpc) is 2.95. The topological polar surface area (TPSA) is 71.1 Å². The molecule has 0 spiro atoms. The van der Waals surface area contributed by atoms with Crippen LogP contribution in [0.1, 0.15) is 15.4 Å². The molecule has 0 saturated carbocycles. The minimum Gasteiger partial charge on any atom is -0.268 e. The maximum Gasteiger partial charge on any atom is 0.288 e. The van der Waals surface area contributed by atoms with E-state index < -0.39 is 11.8 Å². The molecule has 0 unspecified atom stereocenters. The number of hydrogen-bond acceptors (Lipinski definition) is 4. The molecule has 5 nitrogen and oxygen atoms in total. The fraction of sp³-hybridized carbons (Fsp3) is 0. The highest BCUT2D eigenvalue weighted by atomic mass is 35.5. The number of aromatic nitrogens is 1. The lowest BCUT2D eigenvalue weighted by atomic mass is 10.2. The number of pyridine rings is 1. The molecule has 0 fully saturated rings. The highest BCUT2D eigenvalue weighted by Crippen LogP contribution is 2.35. The van der Waals surface area contributed by atoms with Crippen LogP contribution in [0.15, 0.2) is 54.7 Å². The van der Waals surface area contributed by atoms with E-state index in [0.29, 0.717) is 5.02 Å². The van der Waals surface area contributed by atoms with E-state index in [9.17, 15) is 9.59 Å². The maximum atomic E-state index is 11.8. The minimum atomic E-state index is -0.489. The van der Waals surface area contributed by atoms with Crippen LogP contribution in [0.4, 0.5) is 0 Å². The van der Waals surface area contributed by atoms with Gasteiger partial charge in [-0.1, -0.05) is 35.9 Å². The molecular weight excluding hydrogens is 346 g/mol. The molecule has 3 aromatic rings. The van der Waals surface area contributed by atoms with Gasteiger partial charge in [0, 0.05) is 27.2 Å². The maximum absolute atomic E-state index is 11.8. The summed E-state index contributed by atoms with van der Waals surface area (Å²) in [5, 5.41) is 1.56. The Hall–Kier alpha value is -2.70. The first-order valence-corrected chi connectivity index (χ1v) is 8.21. The SMILES string of the molecule is O=C(/C=C/c1sc2ccccc2c1Cl)NNC(=O)c1ccccn1. The number of benzene rings is 1. The van der Waals surface area contributed by atoms with Crippen LogP contribution in [-0.2, 0) is 4.79 Å². The van der Waals surface area contributed by atoms with E-state index >= 15 is 0 Å². The molecule has 0 aliphatic carbocycles. The second-order valence-electron chi connectivity index (χ2n) is 4.77. The summed E-state index contributed by atoms with van der Waals surface area (Å²) in [4.78, 5) is 28.2. The third-order valence-electron chi connectivity index (χ3n) is 3.14. The molecule has 120 valence electrons. The Morgan fingerprint density at radius 3 is 2.62 bits per heavy atom. The summed E-state index contributed by atoms with van der Waals surface area (Å²) in [6.07, 6.45) is 4.44. The van der Waals surface area contributed by atoms with Crippen LogP contribution in [0.3, 0.4) is 0 Å². The third kappa shape index (κ3) is 3.61. The van der Waals surface area contributed by atoms with Gasteiger partial charge in [0.2, 0.25) is 0 Å². The van der Waals surface area contributed by atoms with Crippen molar-refractivity contribution in [3.05, 3.63) is 70.3 Å². The summed E-state index contributed by atoms with van der Waals surface area (Å²) in [6, 6.07) is 12.7. The van der Waals surface area contributed by atoms with Crippen LogP contribution in [0.2, 0.25) is 5.02 Å². The van der Waals surface area contributed by atoms with Gasteiger partial charge in [0.05, 0.1) is 5.02 Å². The highest BCUT2D eigenvalue weighted by Gasteiger charge is 2.09. The first-order valence-electron chi connectivity index (χ1n) is 7.01. The van der Waals surface area contributed by atoms with Gasteiger partial charge in [-0.15, -0.1) is 11.3 Å². The summed E-state index contributed by atoms with van der Waals surface area (Å²) < 4.78 is 1.05. The lowest BCUT2D eigenvalue weighted by molar-refractivity contribution is -0.117. The molecule has 3 rings (SSSR count). The van der Waals surface area contributed by atoms with Crippen molar-refractivity contribution >= 4 is 50.9 Å². The second-order valence-corrected chi connectivity index (χ2v) is 6.23. The predicted molar refractivity (Wildman–Crippen MR) is 95.7 cm³/mol. The summed E-state index contributed by atoms with van der Waals surface area (Å²) in [6.45, 7) is 0. The monoisotopic (exact) mass is 357 g/mol. The molecule has 0 aliphatic heterocycles. The van der Waals surface area contributed by atoms with E-state index in [4.69, 9.17) is 11.6 Å². The molecule has 2 N–H and O–H groups in total. The second kappa shape index (κ2) is 7.25. The van der Waals surface area contributed by atoms with Crippen molar-refractivity contribution in [2.45, 2.75) is 0 Å². The molecule has 2 aromatic heterocycles. The highest BCUT2D eigenvalue weighted by molar-refractivity contribution is 7.20. The quantitative estimate of drug-likeness (QED) is 0.557. The number of carbonyl (C=O) groups is 2. The fourth-order valence-electron chi connectivity index (χ4n) is 2.01. The van der Waals surface area contributed by atoms with Crippen molar-refractivity contribution in [2.24, 2.45) is 0 Å².